The minimum atomic E-state index is -0.685. The Morgan fingerprint density at radius 3 is 2.85 bits per heavy atom. The first kappa shape index (κ1) is 24.5. The van der Waals surface area contributed by atoms with Crippen LogP contribution in [0.3, 0.4) is 0 Å². The lowest BCUT2D eigenvalue weighted by Crippen LogP contribution is -2.44. The highest BCUT2D eigenvalue weighted by Crippen LogP contribution is 2.45. The average Bonchev–Trinajstić information content (AvgIpc) is 3.33. The molecule has 0 bridgehead atoms. The molecular weight excluding hydrogens is 421 g/mol. The molecule has 1 heterocycles. The van der Waals surface area contributed by atoms with E-state index < -0.39 is 11.5 Å². The van der Waals surface area contributed by atoms with Gasteiger partial charge in [0.1, 0.15) is 11.9 Å². The van der Waals surface area contributed by atoms with Gasteiger partial charge in [-0.15, -0.1) is 10.2 Å². The lowest BCUT2D eigenvalue weighted by atomic mass is 9.69. The van der Waals surface area contributed by atoms with E-state index in [1.54, 1.807) is 17.9 Å². The van der Waals surface area contributed by atoms with E-state index in [1.165, 1.54) is 11.6 Å². The molecule has 1 aliphatic carbocycles. The predicted molar refractivity (Wildman–Crippen MR) is 123 cm³/mol. The van der Waals surface area contributed by atoms with Crippen molar-refractivity contribution in [3.63, 3.8) is 0 Å². The fourth-order valence-corrected chi connectivity index (χ4v) is 4.74. The number of hydrogen-bond acceptors (Lipinski definition) is 6. The number of amides is 1. The molecule has 2 aromatic rings. The third-order valence-corrected chi connectivity index (χ3v) is 6.70. The summed E-state index contributed by atoms with van der Waals surface area (Å²) in [6.45, 7) is 9.06. The van der Waals surface area contributed by atoms with Gasteiger partial charge >= 0.3 is 0 Å². The van der Waals surface area contributed by atoms with E-state index in [2.05, 4.69) is 45.9 Å². The molecule has 0 radical (unpaired) electrons. The number of allylic oxidation sites excluding steroid dienone is 2. The fraction of sp³-hybridized carbons (Fsp3) is 0.542. The van der Waals surface area contributed by atoms with Crippen molar-refractivity contribution in [3.05, 3.63) is 52.1 Å². The first-order valence-corrected chi connectivity index (χ1v) is 11.4. The van der Waals surface area contributed by atoms with Gasteiger partial charge in [-0.3, -0.25) is 4.79 Å². The van der Waals surface area contributed by atoms with Gasteiger partial charge in [-0.1, -0.05) is 29.3 Å². The number of carbonyl (C=O) groups excluding carboxylic acids is 1. The predicted octanol–water partition coefficient (Wildman–Crippen LogP) is 3.04. The Kier molecular flexibility index (Phi) is 7.92. The van der Waals surface area contributed by atoms with Crippen LogP contribution >= 0.6 is 0 Å². The molecule has 0 fully saturated rings. The third kappa shape index (κ3) is 4.96. The van der Waals surface area contributed by atoms with Crippen LogP contribution in [0.5, 0.6) is 0 Å². The van der Waals surface area contributed by atoms with Crippen molar-refractivity contribution in [1.29, 1.82) is 5.26 Å². The Morgan fingerprint density at radius 2 is 2.18 bits per heavy atom. The van der Waals surface area contributed by atoms with E-state index in [0.29, 0.717) is 25.3 Å². The van der Waals surface area contributed by atoms with Crippen molar-refractivity contribution < 1.29 is 9.18 Å². The van der Waals surface area contributed by atoms with E-state index in [0.717, 1.165) is 36.0 Å². The second-order valence-electron chi connectivity index (χ2n) is 8.67. The van der Waals surface area contributed by atoms with Gasteiger partial charge in [-0.2, -0.15) is 10.5 Å². The summed E-state index contributed by atoms with van der Waals surface area (Å²) in [6.07, 6.45) is 2.92. The van der Waals surface area contributed by atoms with Gasteiger partial charge in [0.15, 0.2) is 5.82 Å². The standard InChI is InChI=1S/C24H32FN7O/c1-5-12-32(17(3)14-26)22(33)15-27-11-10-24(23-28-30-31-29-23)18(4)16(2)6-7-19-13-20(25)8-9-21(19)24/h8-9,13,17,27H,5-7,10-12,15H2,1-4H3,(H,28,29,30,31)/t17-,24?/m0/s1. The number of carbonyl (C=O) groups is 1. The fourth-order valence-electron chi connectivity index (χ4n) is 4.74. The number of nitrogens with one attached hydrogen (secondary N) is 2. The van der Waals surface area contributed by atoms with Crippen LogP contribution in [0.25, 0.3) is 0 Å². The SMILES string of the molecule is CCCN(C(=O)CNCCC1(c2nn[nH]n2)C(C)=C(C)CCc2cc(F)ccc21)[C@@H](C)C#N. The smallest absolute Gasteiger partial charge is 0.237 e. The Balaban J connectivity index is 1.88. The summed E-state index contributed by atoms with van der Waals surface area (Å²) in [5.41, 5.74) is 3.55. The molecule has 2 atom stereocenters. The summed E-state index contributed by atoms with van der Waals surface area (Å²) in [6, 6.07) is 6.57. The van der Waals surface area contributed by atoms with Crippen LogP contribution in [-0.2, 0) is 16.6 Å². The lowest BCUT2D eigenvalue weighted by Gasteiger charge is -2.34. The van der Waals surface area contributed by atoms with Gasteiger partial charge in [0.2, 0.25) is 5.91 Å². The maximum absolute atomic E-state index is 14.1. The number of aromatic nitrogens is 4. The van der Waals surface area contributed by atoms with Gasteiger partial charge in [0, 0.05) is 6.54 Å². The number of H-pyrrole nitrogens is 1. The molecule has 1 aromatic carbocycles. The van der Waals surface area contributed by atoms with Gasteiger partial charge in [0.05, 0.1) is 18.0 Å². The van der Waals surface area contributed by atoms with Crippen molar-refractivity contribution in [1.82, 2.24) is 30.8 Å². The number of benzene rings is 1. The van der Waals surface area contributed by atoms with E-state index in [4.69, 9.17) is 0 Å². The van der Waals surface area contributed by atoms with Gasteiger partial charge in [-0.05, 0) is 76.3 Å². The molecular formula is C24H32FN7O. The first-order valence-electron chi connectivity index (χ1n) is 11.4. The number of aryl methyl sites for hydroxylation is 1. The summed E-state index contributed by atoms with van der Waals surface area (Å²) >= 11 is 0. The van der Waals surface area contributed by atoms with E-state index in [1.807, 2.05) is 13.0 Å². The van der Waals surface area contributed by atoms with Gasteiger partial charge < -0.3 is 10.2 Å². The summed E-state index contributed by atoms with van der Waals surface area (Å²) in [5.74, 6) is 0.165. The Bertz CT molecular complexity index is 1040. The molecule has 8 nitrogen and oxygen atoms in total. The number of aromatic amines is 1. The van der Waals surface area contributed by atoms with Crippen molar-refractivity contribution in [2.24, 2.45) is 0 Å². The molecule has 1 aromatic heterocycles. The third-order valence-electron chi connectivity index (χ3n) is 6.70. The molecule has 33 heavy (non-hydrogen) atoms. The van der Waals surface area contributed by atoms with Gasteiger partial charge in [-0.25, -0.2) is 4.39 Å². The lowest BCUT2D eigenvalue weighted by molar-refractivity contribution is -0.131. The highest BCUT2D eigenvalue weighted by molar-refractivity contribution is 5.78. The van der Waals surface area contributed by atoms with E-state index in [-0.39, 0.29) is 18.3 Å². The van der Waals surface area contributed by atoms with Crippen LogP contribution in [0.15, 0.2) is 29.3 Å². The average molecular weight is 454 g/mol. The molecule has 1 unspecified atom stereocenters. The second-order valence-corrected chi connectivity index (χ2v) is 8.67. The number of hydrogen-bond donors (Lipinski definition) is 2. The van der Waals surface area contributed by atoms with Crippen molar-refractivity contribution >= 4 is 5.91 Å². The van der Waals surface area contributed by atoms with Crippen LogP contribution in [0.4, 0.5) is 4.39 Å². The highest BCUT2D eigenvalue weighted by atomic mass is 19.1. The molecule has 9 heteroatoms. The largest absolute Gasteiger partial charge is 0.326 e. The quantitative estimate of drug-likeness (QED) is 0.446. The van der Waals surface area contributed by atoms with E-state index in [9.17, 15) is 14.4 Å². The minimum Gasteiger partial charge on any atom is -0.326 e. The number of rotatable bonds is 9. The minimum absolute atomic E-state index is 0.105. The monoisotopic (exact) mass is 453 g/mol. The number of nitriles is 1. The molecule has 3 rings (SSSR count). The summed E-state index contributed by atoms with van der Waals surface area (Å²) in [5, 5.41) is 27.6. The van der Waals surface area contributed by atoms with Gasteiger partial charge in [0.25, 0.3) is 0 Å². The topological polar surface area (TPSA) is 111 Å². The molecule has 1 aliphatic rings. The molecule has 1 amide bonds. The first-order chi connectivity index (χ1) is 15.8. The molecule has 0 aliphatic heterocycles. The zero-order chi connectivity index (χ0) is 24.0. The number of fused-ring (bicyclic) bond motifs is 1. The molecule has 0 saturated carbocycles. The maximum Gasteiger partial charge on any atom is 0.237 e. The molecule has 2 N–H and O–H groups in total. The maximum atomic E-state index is 14.1. The Labute approximate surface area is 194 Å². The summed E-state index contributed by atoms with van der Waals surface area (Å²) in [4.78, 5) is 14.3. The summed E-state index contributed by atoms with van der Waals surface area (Å²) in [7, 11) is 0. The zero-order valence-corrected chi connectivity index (χ0v) is 19.8. The highest BCUT2D eigenvalue weighted by Gasteiger charge is 2.43. The second kappa shape index (κ2) is 10.7. The number of halogens is 1. The van der Waals surface area contributed by atoms with Crippen LogP contribution in [0.1, 0.15) is 63.9 Å². The normalized spacial score (nSPS) is 18.9. The van der Waals surface area contributed by atoms with Crippen LogP contribution in [-0.4, -0.2) is 57.1 Å². The zero-order valence-electron chi connectivity index (χ0n) is 19.8. The number of nitrogens with zero attached hydrogens (tertiary/aromatic N) is 5. The Hall–Kier alpha value is -3.12. The van der Waals surface area contributed by atoms with Crippen molar-refractivity contribution in [2.45, 2.75) is 64.8 Å². The van der Waals surface area contributed by atoms with Crippen LogP contribution < -0.4 is 5.32 Å². The van der Waals surface area contributed by atoms with E-state index >= 15 is 0 Å². The van der Waals surface area contributed by atoms with Crippen LogP contribution in [0, 0.1) is 17.1 Å². The molecule has 176 valence electrons. The van der Waals surface area contributed by atoms with Crippen LogP contribution in [0.2, 0.25) is 0 Å². The van der Waals surface area contributed by atoms with Crippen molar-refractivity contribution in [3.8, 4) is 6.07 Å². The number of tetrazole rings is 1. The molecule has 0 saturated heterocycles. The van der Waals surface area contributed by atoms with Crippen molar-refractivity contribution in [2.75, 3.05) is 19.6 Å². The molecule has 0 spiro atoms. The summed E-state index contributed by atoms with van der Waals surface area (Å²) < 4.78 is 14.1. The Morgan fingerprint density at radius 1 is 1.39 bits per heavy atom.